The van der Waals surface area contributed by atoms with E-state index in [2.05, 4.69) is 0 Å². The molecule has 1 aromatic rings. The molecule has 0 bridgehead atoms. The molecule has 0 aliphatic carbocycles. The number of hydrogen-bond acceptors (Lipinski definition) is 9. The van der Waals surface area contributed by atoms with Crippen molar-refractivity contribution in [3.63, 3.8) is 0 Å². The lowest BCUT2D eigenvalue weighted by atomic mass is 9.98. The summed E-state index contributed by atoms with van der Waals surface area (Å²) in [6.45, 7) is 8.16. The number of hydroxylamine groups is 2. The van der Waals surface area contributed by atoms with Crippen LogP contribution in [-0.4, -0.2) is 42.2 Å². The number of carbonyl (C=O) groups excluding carboxylic acids is 3. The van der Waals surface area contributed by atoms with E-state index in [1.54, 1.807) is 53.7 Å². The first kappa shape index (κ1) is 26.8. The van der Waals surface area contributed by atoms with Crippen molar-refractivity contribution in [3.8, 4) is 0 Å². The molecule has 0 atom stereocenters. The Bertz CT molecular complexity index is 791. The van der Waals surface area contributed by atoms with Crippen LogP contribution >= 0.6 is 7.60 Å². The third-order valence-corrected chi connectivity index (χ3v) is 5.71. The van der Waals surface area contributed by atoms with Gasteiger partial charge in [0.05, 0.1) is 22.7 Å². The molecule has 0 saturated carbocycles. The van der Waals surface area contributed by atoms with E-state index in [1.165, 1.54) is 12.1 Å². The Balaban J connectivity index is 3.10. The minimum absolute atomic E-state index is 0.00881. The quantitative estimate of drug-likeness (QED) is 0.140. The average molecular weight is 459 g/mol. The van der Waals surface area contributed by atoms with E-state index in [4.69, 9.17) is 18.5 Å². The molecule has 0 unspecified atom stereocenters. The molecule has 1 rings (SSSR count). The van der Waals surface area contributed by atoms with Crippen molar-refractivity contribution in [2.24, 2.45) is 10.8 Å². The number of amides is 1. The normalized spacial score (nSPS) is 12.2. The number of ether oxygens (including phenoxy) is 2. The second-order valence-corrected chi connectivity index (χ2v) is 10.7. The second kappa shape index (κ2) is 10.9. The Morgan fingerprint density at radius 2 is 1.42 bits per heavy atom. The summed E-state index contributed by atoms with van der Waals surface area (Å²) < 4.78 is 34.2. The molecule has 1 amide bonds. The molecule has 0 aliphatic rings. The molecule has 0 heterocycles. The molecular weight excluding hydrogens is 429 g/mol. The van der Waals surface area contributed by atoms with Gasteiger partial charge in [-0.3, -0.25) is 33.2 Å². The Hall–Kier alpha value is -2.26. The van der Waals surface area contributed by atoms with Crippen LogP contribution in [-0.2, 0) is 44.0 Å². The summed E-state index contributed by atoms with van der Waals surface area (Å²) in [5, 5.41) is 9.89. The lowest BCUT2D eigenvalue weighted by Crippen LogP contribution is -2.27. The first-order valence-corrected chi connectivity index (χ1v) is 11.0. The van der Waals surface area contributed by atoms with Gasteiger partial charge in [-0.25, -0.2) is 5.06 Å². The lowest BCUT2D eigenvalue weighted by Gasteiger charge is -2.23. The van der Waals surface area contributed by atoms with Crippen LogP contribution in [0, 0.1) is 10.8 Å². The monoisotopic (exact) mass is 459 g/mol. The van der Waals surface area contributed by atoms with Gasteiger partial charge < -0.3 is 9.47 Å². The number of carbonyl (C=O) groups is 3. The maximum atomic E-state index is 13.6. The zero-order valence-corrected chi connectivity index (χ0v) is 19.5. The van der Waals surface area contributed by atoms with Gasteiger partial charge in [-0.15, -0.1) is 0 Å². The minimum Gasteiger partial charge on any atom is -0.438 e. The van der Waals surface area contributed by atoms with Gasteiger partial charge in [0.1, 0.15) is 0 Å². The summed E-state index contributed by atoms with van der Waals surface area (Å²) in [7, 11) is -4.20. The van der Waals surface area contributed by atoms with Crippen molar-refractivity contribution in [1.82, 2.24) is 5.06 Å². The van der Waals surface area contributed by atoms with Crippen LogP contribution in [0.3, 0.4) is 0 Å². The van der Waals surface area contributed by atoms with E-state index < -0.39 is 44.0 Å². The van der Waals surface area contributed by atoms with Gasteiger partial charge in [0, 0.05) is 0 Å². The fraction of sp³-hybridized carbons (Fsp3) is 0.550. The highest BCUT2D eigenvalue weighted by Gasteiger charge is 2.33. The van der Waals surface area contributed by atoms with E-state index >= 15 is 0 Å². The van der Waals surface area contributed by atoms with Crippen LogP contribution in [0.4, 0.5) is 0 Å². The summed E-state index contributed by atoms with van der Waals surface area (Å²) in [5.74, 6) is -1.18. The summed E-state index contributed by atoms with van der Waals surface area (Å²) in [6.07, 6.45) is 0.180. The Morgan fingerprint density at radius 1 is 0.968 bits per heavy atom. The van der Waals surface area contributed by atoms with Crippen molar-refractivity contribution in [2.45, 2.75) is 48.1 Å². The average Bonchev–Trinajstić information content (AvgIpc) is 2.66. The van der Waals surface area contributed by atoms with E-state index in [0.29, 0.717) is 5.06 Å². The van der Waals surface area contributed by atoms with Gasteiger partial charge >= 0.3 is 19.5 Å². The predicted molar refractivity (Wildman–Crippen MR) is 110 cm³/mol. The van der Waals surface area contributed by atoms with Gasteiger partial charge in [-0.2, -0.15) is 0 Å². The lowest BCUT2D eigenvalue weighted by molar-refractivity contribution is -0.161. The molecule has 0 aliphatic heterocycles. The van der Waals surface area contributed by atoms with Crippen molar-refractivity contribution in [1.29, 1.82) is 0 Å². The van der Waals surface area contributed by atoms with Gasteiger partial charge in [-0.1, -0.05) is 18.2 Å². The topological polar surface area (TPSA) is 129 Å². The largest absolute Gasteiger partial charge is 0.438 e. The second-order valence-electron chi connectivity index (χ2n) is 8.69. The van der Waals surface area contributed by atoms with Crippen molar-refractivity contribution >= 4 is 31.2 Å². The standard InChI is InChI=1S/C20H30NO9P/c1-19(2,3)17(23)27-13-29-31(26,30-14-28-18(24)20(4,5)6)16-10-8-7-9-15(16)11-21(25)12-22/h7-10,12,25H,11,13-14H2,1-6H3. The SMILES string of the molecule is CC(C)(C)C(=O)OCOP(=O)(OCOC(=O)C(C)(C)C)c1ccccc1CN(O)C=O. The number of benzene rings is 1. The zero-order chi connectivity index (χ0) is 23.9. The van der Waals surface area contributed by atoms with Crippen LogP contribution in [0.15, 0.2) is 24.3 Å². The molecule has 1 aromatic carbocycles. The molecule has 0 spiro atoms. The molecular formula is C20H30NO9P. The summed E-state index contributed by atoms with van der Waals surface area (Å²) in [5.41, 5.74) is -1.37. The molecule has 0 aromatic heterocycles. The minimum atomic E-state index is -4.20. The smallest absolute Gasteiger partial charge is 0.367 e. The molecule has 174 valence electrons. The Labute approximate surface area is 181 Å². The molecule has 10 nitrogen and oxygen atoms in total. The van der Waals surface area contributed by atoms with Crippen LogP contribution in [0.5, 0.6) is 0 Å². The van der Waals surface area contributed by atoms with Gasteiger partial charge in [0.25, 0.3) is 0 Å². The Morgan fingerprint density at radius 3 is 1.84 bits per heavy atom. The summed E-state index contributed by atoms with van der Waals surface area (Å²) in [6, 6.07) is 6.06. The maximum Gasteiger partial charge on any atom is 0.367 e. The molecule has 31 heavy (non-hydrogen) atoms. The van der Waals surface area contributed by atoms with Crippen LogP contribution in [0.25, 0.3) is 0 Å². The van der Waals surface area contributed by atoms with Gasteiger partial charge in [0.2, 0.25) is 20.0 Å². The van der Waals surface area contributed by atoms with E-state index in [-0.39, 0.29) is 23.8 Å². The fourth-order valence-electron chi connectivity index (χ4n) is 2.03. The number of nitrogens with zero attached hydrogens (tertiary/aromatic N) is 1. The van der Waals surface area contributed by atoms with E-state index in [1.807, 2.05) is 0 Å². The van der Waals surface area contributed by atoms with Crippen LogP contribution in [0.2, 0.25) is 0 Å². The van der Waals surface area contributed by atoms with E-state index in [9.17, 15) is 24.2 Å². The van der Waals surface area contributed by atoms with Crippen LogP contribution in [0.1, 0.15) is 47.1 Å². The molecule has 0 fully saturated rings. The van der Waals surface area contributed by atoms with Crippen molar-refractivity contribution < 1.29 is 42.7 Å². The number of esters is 2. The van der Waals surface area contributed by atoms with Crippen molar-refractivity contribution in [3.05, 3.63) is 29.8 Å². The first-order valence-electron chi connectivity index (χ1n) is 9.43. The van der Waals surface area contributed by atoms with Gasteiger partial charge in [-0.05, 0) is 53.2 Å². The third-order valence-electron chi connectivity index (χ3n) is 3.79. The highest BCUT2D eigenvalue weighted by atomic mass is 31.2. The van der Waals surface area contributed by atoms with Gasteiger partial charge in [0.15, 0.2) is 0 Å². The highest BCUT2D eigenvalue weighted by molar-refractivity contribution is 7.62. The zero-order valence-electron chi connectivity index (χ0n) is 18.6. The molecule has 0 radical (unpaired) electrons. The molecule has 1 N–H and O–H groups in total. The predicted octanol–water partition coefficient (Wildman–Crippen LogP) is 2.98. The Kier molecular flexibility index (Phi) is 9.38. The van der Waals surface area contributed by atoms with Crippen LogP contribution < -0.4 is 5.30 Å². The van der Waals surface area contributed by atoms with Crippen molar-refractivity contribution in [2.75, 3.05) is 13.6 Å². The number of rotatable bonds is 10. The third kappa shape index (κ3) is 8.41. The number of hydrogen-bond donors (Lipinski definition) is 1. The molecule has 11 heteroatoms. The first-order chi connectivity index (χ1) is 14.2. The summed E-state index contributed by atoms with van der Waals surface area (Å²) >= 11 is 0. The molecule has 0 saturated heterocycles. The highest BCUT2D eigenvalue weighted by Crippen LogP contribution is 2.48. The van der Waals surface area contributed by atoms with E-state index in [0.717, 1.165) is 0 Å². The maximum absolute atomic E-state index is 13.6. The fourth-order valence-corrected chi connectivity index (χ4v) is 3.53. The summed E-state index contributed by atoms with van der Waals surface area (Å²) in [4.78, 5) is 34.7.